The number of nitrogens with two attached hydrogens (primary N) is 1. The van der Waals surface area contributed by atoms with Crippen molar-refractivity contribution in [2.45, 2.75) is 22.5 Å². The molecule has 3 rings (SSSR count). The Bertz CT molecular complexity index is 774. The first-order chi connectivity index (χ1) is 8.99. The number of aromatic nitrogens is 1. The van der Waals surface area contributed by atoms with Crippen molar-refractivity contribution in [2.24, 2.45) is 5.73 Å². The van der Waals surface area contributed by atoms with Gasteiger partial charge in [0.15, 0.2) is 14.6 Å². The molecule has 0 radical (unpaired) electrons. The van der Waals surface area contributed by atoms with Crippen molar-refractivity contribution >= 4 is 26.6 Å². The van der Waals surface area contributed by atoms with Gasteiger partial charge in [-0.2, -0.15) is 0 Å². The van der Waals surface area contributed by atoms with Gasteiger partial charge in [0.2, 0.25) is 5.91 Å². The molecule has 5 nitrogen and oxygen atoms in total. The van der Waals surface area contributed by atoms with E-state index in [4.69, 9.17) is 5.73 Å². The first kappa shape index (κ1) is 12.1. The molecule has 1 fully saturated rings. The first-order valence-corrected chi connectivity index (χ1v) is 7.36. The van der Waals surface area contributed by atoms with Crippen molar-refractivity contribution in [2.75, 3.05) is 0 Å². The van der Waals surface area contributed by atoms with Crippen molar-refractivity contribution in [1.82, 2.24) is 4.98 Å². The Morgan fingerprint density at radius 2 is 1.95 bits per heavy atom. The Balaban J connectivity index is 2.29. The quantitative estimate of drug-likeness (QED) is 0.906. The maximum Gasteiger partial charge on any atom is 0.239 e. The number of hydrogen-bond acceptors (Lipinski definition) is 4. The summed E-state index contributed by atoms with van der Waals surface area (Å²) < 4.78 is 23.9. The third-order valence-corrected chi connectivity index (χ3v) is 6.14. The van der Waals surface area contributed by atoms with Gasteiger partial charge in [0.25, 0.3) is 0 Å². The number of carbonyl (C=O) groups is 1. The molecule has 0 saturated heterocycles. The molecule has 1 amide bonds. The molecule has 2 aromatic rings. The van der Waals surface area contributed by atoms with Crippen molar-refractivity contribution < 1.29 is 13.2 Å². The van der Waals surface area contributed by atoms with Crippen LogP contribution in [0, 0.1) is 0 Å². The van der Waals surface area contributed by atoms with Crippen LogP contribution in [-0.4, -0.2) is 24.1 Å². The highest BCUT2D eigenvalue weighted by Crippen LogP contribution is 2.47. The minimum Gasteiger partial charge on any atom is -0.368 e. The molecule has 6 heteroatoms. The maximum absolute atomic E-state index is 12.6. The summed E-state index contributed by atoms with van der Waals surface area (Å²) in [6.45, 7) is 0. The summed E-state index contributed by atoms with van der Waals surface area (Å²) in [4.78, 5) is 15.7. The zero-order chi connectivity index (χ0) is 13.7. The highest BCUT2D eigenvalue weighted by atomic mass is 32.2. The third kappa shape index (κ3) is 1.56. The highest BCUT2D eigenvalue weighted by molar-refractivity contribution is 7.94. The maximum atomic E-state index is 12.6. The Hall–Kier alpha value is -1.95. The number of sulfone groups is 1. The second-order valence-electron chi connectivity index (χ2n) is 4.69. The topological polar surface area (TPSA) is 90.1 Å². The molecule has 1 heterocycles. The fraction of sp³-hybridized carbons (Fsp3) is 0.231. The molecule has 0 atom stereocenters. The average Bonchev–Trinajstić information content (AvgIpc) is 3.19. The molecule has 0 bridgehead atoms. The molecular formula is C13H12N2O3S. The molecule has 0 unspecified atom stereocenters. The Morgan fingerprint density at radius 1 is 1.21 bits per heavy atom. The molecule has 0 aliphatic heterocycles. The van der Waals surface area contributed by atoms with Gasteiger partial charge in [-0.3, -0.25) is 9.78 Å². The zero-order valence-corrected chi connectivity index (χ0v) is 10.9. The molecule has 1 aromatic carbocycles. The van der Waals surface area contributed by atoms with Crippen LogP contribution in [0.2, 0.25) is 0 Å². The Labute approximate surface area is 110 Å². The number of carbonyl (C=O) groups excluding carboxylic acids is 1. The smallest absolute Gasteiger partial charge is 0.239 e. The Kier molecular flexibility index (Phi) is 2.40. The van der Waals surface area contributed by atoms with E-state index in [0.29, 0.717) is 23.7 Å². The van der Waals surface area contributed by atoms with Gasteiger partial charge in [0, 0.05) is 11.6 Å². The van der Waals surface area contributed by atoms with E-state index in [9.17, 15) is 13.2 Å². The molecule has 1 aliphatic rings. The second kappa shape index (κ2) is 3.77. The van der Waals surface area contributed by atoms with Crippen LogP contribution in [0.5, 0.6) is 0 Å². The SMILES string of the molecule is NC(=O)C1(S(=O)(=O)c2cccc3ncccc23)CC1. The number of primary amides is 1. The lowest BCUT2D eigenvalue weighted by Gasteiger charge is -2.14. The van der Waals surface area contributed by atoms with Gasteiger partial charge in [0.1, 0.15) is 0 Å². The molecule has 1 aliphatic carbocycles. The van der Waals surface area contributed by atoms with E-state index in [-0.39, 0.29) is 4.90 Å². The number of fused-ring (bicyclic) bond motifs is 1. The summed E-state index contributed by atoms with van der Waals surface area (Å²) in [5.74, 6) is -0.770. The van der Waals surface area contributed by atoms with E-state index >= 15 is 0 Å². The standard InChI is InChI=1S/C13H12N2O3S/c14-12(16)13(6-7-13)19(17,18)11-5-1-4-10-9(11)3-2-8-15-10/h1-5,8H,6-7H2,(H2,14,16). The monoisotopic (exact) mass is 276 g/mol. The van der Waals surface area contributed by atoms with E-state index in [2.05, 4.69) is 4.98 Å². The van der Waals surface area contributed by atoms with Gasteiger partial charge in [-0.1, -0.05) is 6.07 Å². The lowest BCUT2D eigenvalue weighted by atomic mass is 10.2. The summed E-state index contributed by atoms with van der Waals surface area (Å²) in [5.41, 5.74) is 5.85. The number of hydrogen-bond donors (Lipinski definition) is 1. The van der Waals surface area contributed by atoms with Crippen LogP contribution in [0.1, 0.15) is 12.8 Å². The van der Waals surface area contributed by atoms with Crippen molar-refractivity contribution in [1.29, 1.82) is 0 Å². The minimum atomic E-state index is -3.77. The van der Waals surface area contributed by atoms with Crippen molar-refractivity contribution in [3.05, 3.63) is 36.5 Å². The van der Waals surface area contributed by atoms with E-state index in [1.165, 1.54) is 6.07 Å². The fourth-order valence-electron chi connectivity index (χ4n) is 2.28. The molecule has 19 heavy (non-hydrogen) atoms. The van der Waals surface area contributed by atoms with Gasteiger partial charge < -0.3 is 5.73 Å². The van der Waals surface area contributed by atoms with E-state index in [1.807, 2.05) is 0 Å². The normalized spacial score (nSPS) is 17.3. The van der Waals surface area contributed by atoms with Crippen LogP contribution >= 0.6 is 0 Å². The van der Waals surface area contributed by atoms with Crippen LogP contribution in [0.4, 0.5) is 0 Å². The minimum absolute atomic E-state index is 0.134. The summed E-state index contributed by atoms with van der Waals surface area (Å²) in [7, 11) is -3.77. The summed E-state index contributed by atoms with van der Waals surface area (Å²) in [6, 6.07) is 8.22. The Morgan fingerprint density at radius 3 is 2.58 bits per heavy atom. The number of nitrogens with zero attached hydrogens (tertiary/aromatic N) is 1. The highest BCUT2D eigenvalue weighted by Gasteiger charge is 2.60. The van der Waals surface area contributed by atoms with Gasteiger partial charge >= 0.3 is 0 Å². The van der Waals surface area contributed by atoms with Crippen molar-refractivity contribution in [3.63, 3.8) is 0 Å². The number of benzene rings is 1. The molecule has 0 spiro atoms. The van der Waals surface area contributed by atoms with Gasteiger partial charge in [-0.25, -0.2) is 8.42 Å². The van der Waals surface area contributed by atoms with Crippen LogP contribution in [0.15, 0.2) is 41.4 Å². The second-order valence-corrected chi connectivity index (χ2v) is 6.92. The summed E-state index contributed by atoms with van der Waals surface area (Å²) >= 11 is 0. The molecule has 98 valence electrons. The number of amides is 1. The largest absolute Gasteiger partial charge is 0.368 e. The predicted octanol–water partition coefficient (Wildman–Crippen LogP) is 1.03. The first-order valence-electron chi connectivity index (χ1n) is 5.87. The lowest BCUT2D eigenvalue weighted by molar-refractivity contribution is -0.118. The van der Waals surface area contributed by atoms with Gasteiger partial charge in [-0.15, -0.1) is 0 Å². The predicted molar refractivity (Wildman–Crippen MR) is 70.1 cm³/mol. The van der Waals surface area contributed by atoms with Crippen LogP contribution in [0.3, 0.4) is 0 Å². The number of rotatable bonds is 3. The fourth-order valence-corrected chi connectivity index (χ4v) is 4.33. The van der Waals surface area contributed by atoms with Crippen LogP contribution in [-0.2, 0) is 14.6 Å². The molecule has 1 saturated carbocycles. The molecule has 1 aromatic heterocycles. The van der Waals surface area contributed by atoms with Gasteiger partial charge in [-0.05, 0) is 37.1 Å². The summed E-state index contributed by atoms with van der Waals surface area (Å²) in [5, 5.41) is 0.525. The van der Waals surface area contributed by atoms with E-state index in [1.54, 1.807) is 30.5 Å². The average molecular weight is 276 g/mol. The van der Waals surface area contributed by atoms with Crippen molar-refractivity contribution in [3.8, 4) is 0 Å². The number of pyridine rings is 1. The summed E-state index contributed by atoms with van der Waals surface area (Å²) in [6.07, 6.45) is 2.18. The molecule has 2 N–H and O–H groups in total. The van der Waals surface area contributed by atoms with E-state index < -0.39 is 20.5 Å². The third-order valence-electron chi connectivity index (χ3n) is 3.56. The van der Waals surface area contributed by atoms with Crippen LogP contribution < -0.4 is 5.73 Å². The zero-order valence-electron chi connectivity index (χ0n) is 10.0. The lowest BCUT2D eigenvalue weighted by Crippen LogP contribution is -2.38. The van der Waals surface area contributed by atoms with Crippen LogP contribution in [0.25, 0.3) is 10.9 Å². The van der Waals surface area contributed by atoms with E-state index in [0.717, 1.165) is 0 Å². The van der Waals surface area contributed by atoms with Gasteiger partial charge in [0.05, 0.1) is 10.4 Å². The molecular weight excluding hydrogens is 264 g/mol.